The number of rotatable bonds is 6. The van der Waals surface area contributed by atoms with Crippen LogP contribution in [0.2, 0.25) is 0 Å². The molecule has 122 valence electrons. The lowest BCUT2D eigenvalue weighted by atomic mass is 9.91. The molecule has 1 aliphatic carbocycles. The topological polar surface area (TPSA) is 52.5 Å². The van der Waals surface area contributed by atoms with E-state index in [1.807, 2.05) is 10.6 Å². The van der Waals surface area contributed by atoms with E-state index in [2.05, 4.69) is 5.32 Å². The van der Waals surface area contributed by atoms with E-state index in [1.54, 1.807) is 13.2 Å². The molecular weight excluding hydrogens is 280 g/mol. The van der Waals surface area contributed by atoms with Crippen LogP contribution in [0, 0.1) is 5.92 Å². The standard InChI is InChI=1S/C17H26N2O3/c1-21-9-7-19-16-4-3-15(10-14(16)2-5-17(19)20)18-11-13-6-8-22-12-13/h2,5,13,15,18H,3-4,6-12H2,1H3/t13-,15-/m0/s1. The fourth-order valence-corrected chi connectivity index (χ4v) is 3.50. The fourth-order valence-electron chi connectivity index (χ4n) is 3.50. The van der Waals surface area contributed by atoms with E-state index >= 15 is 0 Å². The molecule has 0 amide bonds. The highest BCUT2D eigenvalue weighted by Crippen LogP contribution is 2.21. The van der Waals surface area contributed by atoms with Crippen molar-refractivity contribution < 1.29 is 9.47 Å². The van der Waals surface area contributed by atoms with Crippen LogP contribution in [0.1, 0.15) is 24.1 Å². The molecule has 22 heavy (non-hydrogen) atoms. The van der Waals surface area contributed by atoms with Crippen LogP contribution in [0.4, 0.5) is 0 Å². The number of nitrogens with one attached hydrogen (secondary N) is 1. The van der Waals surface area contributed by atoms with Gasteiger partial charge in [0, 0.05) is 44.6 Å². The molecule has 0 bridgehead atoms. The Morgan fingerprint density at radius 1 is 1.41 bits per heavy atom. The van der Waals surface area contributed by atoms with Crippen LogP contribution in [0.25, 0.3) is 0 Å². The van der Waals surface area contributed by atoms with Gasteiger partial charge in [0.15, 0.2) is 0 Å². The molecule has 5 nitrogen and oxygen atoms in total. The molecule has 1 aromatic rings. The highest BCUT2D eigenvalue weighted by atomic mass is 16.5. The average molecular weight is 306 g/mol. The molecule has 1 saturated heterocycles. The van der Waals surface area contributed by atoms with E-state index in [-0.39, 0.29) is 5.56 Å². The van der Waals surface area contributed by atoms with Crippen LogP contribution in [-0.2, 0) is 28.9 Å². The molecule has 1 aliphatic heterocycles. The molecule has 2 heterocycles. The summed E-state index contributed by atoms with van der Waals surface area (Å²) in [5, 5.41) is 3.69. The largest absolute Gasteiger partial charge is 0.383 e. The van der Waals surface area contributed by atoms with Gasteiger partial charge in [-0.2, -0.15) is 0 Å². The van der Waals surface area contributed by atoms with Crippen molar-refractivity contribution in [1.82, 2.24) is 9.88 Å². The Balaban J connectivity index is 1.63. The molecule has 0 aromatic carbocycles. The summed E-state index contributed by atoms with van der Waals surface area (Å²) in [5.41, 5.74) is 2.60. The Bertz CT molecular complexity index is 549. The summed E-state index contributed by atoms with van der Waals surface area (Å²) in [5.74, 6) is 0.664. The van der Waals surface area contributed by atoms with Crippen LogP contribution in [0.3, 0.4) is 0 Å². The van der Waals surface area contributed by atoms with Gasteiger partial charge in [-0.05, 0) is 37.2 Å². The van der Waals surface area contributed by atoms with E-state index in [1.165, 1.54) is 17.7 Å². The van der Waals surface area contributed by atoms with Crippen LogP contribution in [-0.4, -0.2) is 44.1 Å². The minimum absolute atomic E-state index is 0.0883. The Labute approximate surface area is 131 Å². The van der Waals surface area contributed by atoms with E-state index in [4.69, 9.17) is 9.47 Å². The molecule has 1 aromatic heterocycles. The molecular formula is C17H26N2O3. The van der Waals surface area contributed by atoms with Gasteiger partial charge >= 0.3 is 0 Å². The van der Waals surface area contributed by atoms with E-state index in [0.29, 0.717) is 25.1 Å². The quantitative estimate of drug-likeness (QED) is 0.851. The second-order valence-electron chi connectivity index (χ2n) is 6.37. The van der Waals surface area contributed by atoms with Gasteiger partial charge in [-0.15, -0.1) is 0 Å². The maximum absolute atomic E-state index is 12.1. The van der Waals surface area contributed by atoms with E-state index in [0.717, 1.165) is 39.0 Å². The SMILES string of the molecule is COCCn1c2c(ccc1=O)C[C@@H](NC[C@@H]1CCOC1)CC2. The minimum Gasteiger partial charge on any atom is -0.383 e. The third-order valence-electron chi connectivity index (χ3n) is 4.82. The number of ether oxygens (including phenoxy) is 2. The number of nitrogens with zero attached hydrogens (tertiary/aromatic N) is 1. The first-order valence-electron chi connectivity index (χ1n) is 8.29. The van der Waals surface area contributed by atoms with Gasteiger partial charge in [0.25, 0.3) is 5.56 Å². The highest BCUT2D eigenvalue weighted by molar-refractivity contribution is 5.25. The summed E-state index contributed by atoms with van der Waals surface area (Å²) in [6.45, 7) is 4.08. The number of fused-ring (bicyclic) bond motifs is 1. The Kier molecular flexibility index (Phi) is 5.28. The highest BCUT2D eigenvalue weighted by Gasteiger charge is 2.23. The zero-order valence-corrected chi connectivity index (χ0v) is 13.3. The van der Waals surface area contributed by atoms with Gasteiger partial charge in [0.1, 0.15) is 0 Å². The minimum atomic E-state index is 0.0883. The van der Waals surface area contributed by atoms with Crippen LogP contribution >= 0.6 is 0 Å². The van der Waals surface area contributed by atoms with Crippen molar-refractivity contribution in [3.8, 4) is 0 Å². The fraction of sp³-hybridized carbons (Fsp3) is 0.706. The van der Waals surface area contributed by atoms with Crippen LogP contribution in [0.5, 0.6) is 0 Å². The van der Waals surface area contributed by atoms with Gasteiger partial charge in [0.2, 0.25) is 0 Å². The molecule has 1 N–H and O–H groups in total. The summed E-state index contributed by atoms with van der Waals surface area (Å²) in [4.78, 5) is 12.1. The van der Waals surface area contributed by atoms with E-state index < -0.39 is 0 Å². The van der Waals surface area contributed by atoms with Crippen LogP contribution in [0.15, 0.2) is 16.9 Å². The molecule has 0 radical (unpaired) electrons. The normalized spacial score (nSPS) is 24.4. The zero-order valence-electron chi connectivity index (χ0n) is 13.3. The maximum atomic E-state index is 12.1. The van der Waals surface area contributed by atoms with Crippen molar-refractivity contribution in [3.05, 3.63) is 33.7 Å². The van der Waals surface area contributed by atoms with Gasteiger partial charge < -0.3 is 19.4 Å². The number of hydrogen-bond donors (Lipinski definition) is 1. The summed E-state index contributed by atoms with van der Waals surface area (Å²) < 4.78 is 12.4. The summed E-state index contributed by atoms with van der Waals surface area (Å²) >= 11 is 0. The lowest BCUT2D eigenvalue weighted by Gasteiger charge is -2.28. The number of pyridine rings is 1. The van der Waals surface area contributed by atoms with Crippen molar-refractivity contribution >= 4 is 0 Å². The predicted molar refractivity (Wildman–Crippen MR) is 85.3 cm³/mol. The first kappa shape index (κ1) is 15.7. The van der Waals surface area contributed by atoms with Gasteiger partial charge in [-0.25, -0.2) is 0 Å². The number of methoxy groups -OCH3 is 1. The number of aromatic nitrogens is 1. The molecule has 0 spiro atoms. The smallest absolute Gasteiger partial charge is 0.250 e. The van der Waals surface area contributed by atoms with Crippen LogP contribution < -0.4 is 10.9 Å². The molecule has 1 fully saturated rings. The Hall–Kier alpha value is -1.17. The predicted octanol–water partition coefficient (Wildman–Crippen LogP) is 0.978. The first-order chi connectivity index (χ1) is 10.8. The van der Waals surface area contributed by atoms with Crippen molar-refractivity contribution in [3.63, 3.8) is 0 Å². The summed E-state index contributed by atoms with van der Waals surface area (Å²) in [6, 6.07) is 4.22. The van der Waals surface area contributed by atoms with Crippen molar-refractivity contribution in [1.29, 1.82) is 0 Å². The van der Waals surface area contributed by atoms with Gasteiger partial charge in [-0.1, -0.05) is 6.07 Å². The van der Waals surface area contributed by atoms with Gasteiger partial charge in [-0.3, -0.25) is 4.79 Å². The van der Waals surface area contributed by atoms with E-state index in [9.17, 15) is 4.79 Å². The molecule has 0 saturated carbocycles. The maximum Gasteiger partial charge on any atom is 0.250 e. The number of hydrogen-bond acceptors (Lipinski definition) is 4. The Morgan fingerprint density at radius 2 is 2.32 bits per heavy atom. The third-order valence-corrected chi connectivity index (χ3v) is 4.82. The molecule has 3 rings (SSSR count). The van der Waals surface area contributed by atoms with Crippen molar-refractivity contribution in [2.45, 2.75) is 38.3 Å². The monoisotopic (exact) mass is 306 g/mol. The third kappa shape index (κ3) is 3.59. The van der Waals surface area contributed by atoms with Crippen molar-refractivity contribution in [2.24, 2.45) is 5.92 Å². The lowest BCUT2D eigenvalue weighted by molar-refractivity contribution is 0.183. The zero-order chi connectivity index (χ0) is 15.4. The average Bonchev–Trinajstić information content (AvgIpc) is 3.05. The lowest BCUT2D eigenvalue weighted by Crippen LogP contribution is -2.39. The second-order valence-corrected chi connectivity index (χ2v) is 6.37. The van der Waals surface area contributed by atoms with Crippen molar-refractivity contribution in [2.75, 3.05) is 33.5 Å². The molecule has 0 unspecified atom stereocenters. The molecule has 2 aliphatic rings. The summed E-state index contributed by atoms with van der Waals surface area (Å²) in [6.07, 6.45) is 4.24. The second kappa shape index (κ2) is 7.40. The summed E-state index contributed by atoms with van der Waals surface area (Å²) in [7, 11) is 1.67. The van der Waals surface area contributed by atoms with Gasteiger partial charge in [0.05, 0.1) is 13.2 Å². The Morgan fingerprint density at radius 3 is 3.09 bits per heavy atom. The molecule has 2 atom stereocenters. The first-order valence-corrected chi connectivity index (χ1v) is 8.29. The molecule has 5 heteroatoms.